The molecule has 0 bridgehead atoms. The first-order valence-electron chi connectivity index (χ1n) is 5.59. The summed E-state index contributed by atoms with van der Waals surface area (Å²) in [5.74, 6) is 0.848. The molecule has 0 atom stereocenters. The fraction of sp³-hybridized carbons (Fsp3) is 0.0714. The Kier molecular flexibility index (Phi) is 2.29. The average molecular weight is 223 g/mol. The van der Waals surface area contributed by atoms with E-state index in [1.54, 1.807) is 6.20 Å². The highest BCUT2D eigenvalue weighted by Gasteiger charge is 2.06. The van der Waals surface area contributed by atoms with E-state index in [4.69, 9.17) is 0 Å². The van der Waals surface area contributed by atoms with E-state index in [9.17, 15) is 0 Å². The summed E-state index contributed by atoms with van der Waals surface area (Å²) < 4.78 is 2.06. The van der Waals surface area contributed by atoms with Crippen LogP contribution >= 0.6 is 0 Å². The number of imidazole rings is 1. The van der Waals surface area contributed by atoms with Gasteiger partial charge >= 0.3 is 0 Å². The van der Waals surface area contributed by atoms with Crippen LogP contribution in [0.2, 0.25) is 0 Å². The quantitative estimate of drug-likeness (QED) is 0.723. The van der Waals surface area contributed by atoms with Crippen LogP contribution in [-0.4, -0.2) is 16.6 Å². The summed E-state index contributed by atoms with van der Waals surface area (Å²) in [5.41, 5.74) is 1.14. The number of aromatic nitrogens is 2. The van der Waals surface area contributed by atoms with Crippen LogP contribution in [0.25, 0.3) is 16.5 Å². The van der Waals surface area contributed by atoms with Crippen LogP contribution in [0.1, 0.15) is 0 Å². The fourth-order valence-corrected chi connectivity index (χ4v) is 2.10. The molecule has 0 fully saturated rings. The summed E-state index contributed by atoms with van der Waals surface area (Å²) in [6.07, 6.45) is 3.77. The van der Waals surface area contributed by atoms with Crippen LogP contribution in [0, 0.1) is 0 Å². The molecule has 3 rings (SSSR count). The van der Waals surface area contributed by atoms with Crippen LogP contribution in [0.5, 0.6) is 0 Å². The lowest BCUT2D eigenvalue weighted by Crippen LogP contribution is -2.00. The first-order chi connectivity index (χ1) is 8.40. The number of hydrogen-bond acceptors (Lipinski definition) is 2. The van der Waals surface area contributed by atoms with E-state index in [1.807, 2.05) is 13.2 Å². The van der Waals surface area contributed by atoms with Gasteiger partial charge < -0.3 is 5.32 Å². The molecule has 0 spiro atoms. The van der Waals surface area contributed by atoms with Crippen molar-refractivity contribution in [3.8, 4) is 5.69 Å². The highest BCUT2D eigenvalue weighted by molar-refractivity contribution is 5.90. The maximum Gasteiger partial charge on any atom is 0.207 e. The lowest BCUT2D eigenvalue weighted by Gasteiger charge is -2.10. The Bertz CT molecular complexity index is 650. The number of fused-ring (bicyclic) bond motifs is 1. The van der Waals surface area contributed by atoms with Gasteiger partial charge in [0.15, 0.2) is 0 Å². The van der Waals surface area contributed by atoms with Gasteiger partial charge in [-0.3, -0.25) is 4.57 Å². The van der Waals surface area contributed by atoms with E-state index in [1.165, 1.54) is 10.8 Å². The second kappa shape index (κ2) is 3.94. The maximum absolute atomic E-state index is 4.27. The van der Waals surface area contributed by atoms with Gasteiger partial charge in [-0.05, 0) is 11.5 Å². The van der Waals surface area contributed by atoms with E-state index >= 15 is 0 Å². The van der Waals surface area contributed by atoms with E-state index in [2.05, 4.69) is 57.3 Å². The molecule has 17 heavy (non-hydrogen) atoms. The largest absolute Gasteiger partial charge is 0.358 e. The Morgan fingerprint density at radius 3 is 2.76 bits per heavy atom. The van der Waals surface area contributed by atoms with Crippen LogP contribution in [-0.2, 0) is 0 Å². The zero-order valence-corrected chi connectivity index (χ0v) is 9.59. The molecule has 0 saturated heterocycles. The molecule has 3 heteroatoms. The van der Waals surface area contributed by atoms with E-state index in [0.717, 1.165) is 11.6 Å². The molecule has 1 heterocycles. The van der Waals surface area contributed by atoms with E-state index < -0.39 is 0 Å². The SMILES string of the molecule is CNc1nccn1-c1cccc2ccccc12. The summed E-state index contributed by atoms with van der Waals surface area (Å²) >= 11 is 0. The van der Waals surface area contributed by atoms with Crippen molar-refractivity contribution in [1.82, 2.24) is 9.55 Å². The number of hydrogen-bond donors (Lipinski definition) is 1. The zero-order valence-electron chi connectivity index (χ0n) is 9.59. The molecule has 1 aromatic heterocycles. The molecule has 0 aliphatic rings. The van der Waals surface area contributed by atoms with Gasteiger partial charge in [0, 0.05) is 24.8 Å². The van der Waals surface area contributed by atoms with Crippen molar-refractivity contribution in [2.75, 3.05) is 12.4 Å². The molecular formula is C14H13N3. The highest BCUT2D eigenvalue weighted by Crippen LogP contribution is 2.24. The number of benzene rings is 2. The Balaban J connectivity index is 2.31. The van der Waals surface area contributed by atoms with Crippen LogP contribution in [0.3, 0.4) is 0 Å². The van der Waals surface area contributed by atoms with Crippen LogP contribution in [0.15, 0.2) is 54.9 Å². The summed E-state index contributed by atoms with van der Waals surface area (Å²) in [6, 6.07) is 14.6. The minimum absolute atomic E-state index is 0.848. The molecule has 0 radical (unpaired) electrons. The maximum atomic E-state index is 4.27. The number of anilines is 1. The molecule has 0 saturated carbocycles. The third-order valence-electron chi connectivity index (χ3n) is 2.89. The molecule has 2 aromatic carbocycles. The Morgan fingerprint density at radius 2 is 1.88 bits per heavy atom. The van der Waals surface area contributed by atoms with Crippen molar-refractivity contribution >= 4 is 16.7 Å². The minimum Gasteiger partial charge on any atom is -0.358 e. The smallest absolute Gasteiger partial charge is 0.207 e. The van der Waals surface area contributed by atoms with Gasteiger partial charge in [0.1, 0.15) is 0 Å². The van der Waals surface area contributed by atoms with Crippen molar-refractivity contribution < 1.29 is 0 Å². The topological polar surface area (TPSA) is 29.9 Å². The Hall–Kier alpha value is -2.29. The van der Waals surface area contributed by atoms with Crippen molar-refractivity contribution in [2.45, 2.75) is 0 Å². The lowest BCUT2D eigenvalue weighted by molar-refractivity contribution is 1.07. The molecule has 3 nitrogen and oxygen atoms in total. The zero-order chi connectivity index (χ0) is 11.7. The normalized spacial score (nSPS) is 10.6. The molecule has 84 valence electrons. The van der Waals surface area contributed by atoms with Crippen molar-refractivity contribution in [1.29, 1.82) is 0 Å². The van der Waals surface area contributed by atoms with E-state index in [0.29, 0.717) is 0 Å². The third-order valence-corrected chi connectivity index (χ3v) is 2.89. The molecule has 3 aromatic rings. The van der Waals surface area contributed by atoms with Gasteiger partial charge in [-0.15, -0.1) is 0 Å². The number of nitrogens with one attached hydrogen (secondary N) is 1. The number of nitrogens with zero attached hydrogens (tertiary/aromatic N) is 2. The predicted octanol–water partition coefficient (Wildman–Crippen LogP) is 3.07. The molecule has 0 unspecified atom stereocenters. The average Bonchev–Trinajstić information content (AvgIpc) is 2.86. The Labute approximate surface area is 99.7 Å². The van der Waals surface area contributed by atoms with Crippen LogP contribution in [0.4, 0.5) is 5.95 Å². The molecular weight excluding hydrogens is 210 g/mol. The van der Waals surface area contributed by atoms with Crippen molar-refractivity contribution in [3.63, 3.8) is 0 Å². The first kappa shape index (κ1) is 9.90. The van der Waals surface area contributed by atoms with Crippen molar-refractivity contribution in [2.24, 2.45) is 0 Å². The van der Waals surface area contributed by atoms with Gasteiger partial charge in [-0.2, -0.15) is 0 Å². The monoisotopic (exact) mass is 223 g/mol. The van der Waals surface area contributed by atoms with Gasteiger partial charge in [0.2, 0.25) is 5.95 Å². The summed E-state index contributed by atoms with van der Waals surface area (Å²) in [5, 5.41) is 5.55. The van der Waals surface area contributed by atoms with Gasteiger partial charge in [-0.25, -0.2) is 4.98 Å². The molecule has 0 aliphatic carbocycles. The molecule has 0 amide bonds. The summed E-state index contributed by atoms with van der Waals surface area (Å²) in [6.45, 7) is 0. The fourth-order valence-electron chi connectivity index (χ4n) is 2.10. The highest BCUT2D eigenvalue weighted by atomic mass is 15.2. The summed E-state index contributed by atoms with van der Waals surface area (Å²) in [4.78, 5) is 4.27. The summed E-state index contributed by atoms with van der Waals surface area (Å²) in [7, 11) is 1.88. The lowest BCUT2D eigenvalue weighted by atomic mass is 10.1. The van der Waals surface area contributed by atoms with E-state index in [-0.39, 0.29) is 0 Å². The molecule has 0 aliphatic heterocycles. The predicted molar refractivity (Wildman–Crippen MR) is 70.6 cm³/mol. The second-order valence-corrected chi connectivity index (χ2v) is 3.87. The van der Waals surface area contributed by atoms with Crippen LogP contribution < -0.4 is 5.32 Å². The third kappa shape index (κ3) is 1.56. The van der Waals surface area contributed by atoms with Gasteiger partial charge in [-0.1, -0.05) is 36.4 Å². The second-order valence-electron chi connectivity index (χ2n) is 3.87. The van der Waals surface area contributed by atoms with Gasteiger partial charge in [0.05, 0.1) is 5.69 Å². The minimum atomic E-state index is 0.848. The molecule has 1 N–H and O–H groups in total. The van der Waals surface area contributed by atoms with Gasteiger partial charge in [0.25, 0.3) is 0 Å². The first-order valence-corrected chi connectivity index (χ1v) is 5.59. The number of rotatable bonds is 2. The van der Waals surface area contributed by atoms with Crippen molar-refractivity contribution in [3.05, 3.63) is 54.9 Å². The Morgan fingerprint density at radius 1 is 1.06 bits per heavy atom. The standard InChI is InChI=1S/C14H13N3/c1-15-14-16-9-10-17(14)13-8-4-6-11-5-2-3-7-12(11)13/h2-10H,1H3,(H,15,16).